The van der Waals surface area contributed by atoms with Gasteiger partial charge >= 0.3 is 5.97 Å². The fourth-order valence-electron chi connectivity index (χ4n) is 4.71. The van der Waals surface area contributed by atoms with Crippen molar-refractivity contribution in [2.45, 2.75) is 31.7 Å². The predicted octanol–water partition coefficient (Wildman–Crippen LogP) is 2.67. The summed E-state index contributed by atoms with van der Waals surface area (Å²) >= 11 is 0. The van der Waals surface area contributed by atoms with Gasteiger partial charge in [-0.2, -0.15) is 0 Å². The van der Waals surface area contributed by atoms with Crippen molar-refractivity contribution in [3.8, 4) is 0 Å². The van der Waals surface area contributed by atoms with Crippen LogP contribution in [-0.4, -0.2) is 48.9 Å². The summed E-state index contributed by atoms with van der Waals surface area (Å²) in [5, 5.41) is 16.6. The summed E-state index contributed by atoms with van der Waals surface area (Å²) in [5.74, 6) is -1.48. The number of esters is 1. The second-order valence-corrected chi connectivity index (χ2v) is 8.46. The first kappa shape index (κ1) is 23.2. The molecule has 0 saturated carbocycles. The van der Waals surface area contributed by atoms with Crippen molar-refractivity contribution in [1.82, 2.24) is 5.32 Å². The highest BCUT2D eigenvalue weighted by Gasteiger charge is 2.40. The zero-order valence-electron chi connectivity index (χ0n) is 18.8. The standard InChI is InChI=1S/C24H26N4O6/c1-34-22(29)14-25-23(30)15-5-7-17(8-6-15)26-24(31)19-13-16-12-18(28(32)33)9-10-20(16)27-11-3-2-4-21(19)27/h5-10,12,19,21H,2-4,11,13-14H2,1H3,(H,25,30)(H,26,31). The molecule has 1 fully saturated rings. The number of nitro groups is 1. The molecule has 2 heterocycles. The maximum atomic E-state index is 13.3. The number of ether oxygens (including phenoxy) is 1. The van der Waals surface area contributed by atoms with Gasteiger partial charge < -0.3 is 20.3 Å². The van der Waals surface area contributed by atoms with Crippen LogP contribution < -0.4 is 15.5 Å². The minimum Gasteiger partial charge on any atom is -0.468 e. The van der Waals surface area contributed by atoms with Crippen LogP contribution in [0.5, 0.6) is 0 Å². The van der Waals surface area contributed by atoms with Crippen molar-refractivity contribution in [3.63, 3.8) is 0 Å². The van der Waals surface area contributed by atoms with Crippen LogP contribution in [0.3, 0.4) is 0 Å². The van der Waals surface area contributed by atoms with Gasteiger partial charge in [-0.1, -0.05) is 0 Å². The number of carbonyl (C=O) groups excluding carboxylic acids is 3. The number of non-ortho nitro benzene ring substituents is 1. The van der Waals surface area contributed by atoms with Gasteiger partial charge in [-0.3, -0.25) is 24.5 Å². The number of benzene rings is 2. The molecule has 0 bridgehead atoms. The van der Waals surface area contributed by atoms with Gasteiger partial charge in [0.2, 0.25) is 5.91 Å². The van der Waals surface area contributed by atoms with Gasteiger partial charge in [0.25, 0.3) is 11.6 Å². The zero-order chi connectivity index (χ0) is 24.2. The van der Waals surface area contributed by atoms with Crippen LogP contribution >= 0.6 is 0 Å². The van der Waals surface area contributed by atoms with Crippen LogP contribution in [0.1, 0.15) is 35.2 Å². The van der Waals surface area contributed by atoms with Gasteiger partial charge in [0.1, 0.15) is 6.54 Å². The third kappa shape index (κ3) is 4.85. The molecule has 34 heavy (non-hydrogen) atoms. The average Bonchev–Trinajstić information content (AvgIpc) is 2.86. The largest absolute Gasteiger partial charge is 0.468 e. The highest BCUT2D eigenvalue weighted by Crippen LogP contribution is 2.40. The van der Waals surface area contributed by atoms with Gasteiger partial charge in [-0.05, 0) is 61.6 Å². The monoisotopic (exact) mass is 466 g/mol. The first-order valence-electron chi connectivity index (χ1n) is 11.2. The number of fused-ring (bicyclic) bond motifs is 3. The zero-order valence-corrected chi connectivity index (χ0v) is 18.8. The Morgan fingerprint density at radius 2 is 1.91 bits per heavy atom. The Morgan fingerprint density at radius 1 is 1.15 bits per heavy atom. The molecular weight excluding hydrogens is 440 g/mol. The Morgan fingerprint density at radius 3 is 2.62 bits per heavy atom. The van der Waals surface area contributed by atoms with Crippen LogP contribution in [0.15, 0.2) is 42.5 Å². The van der Waals surface area contributed by atoms with E-state index in [1.54, 1.807) is 36.4 Å². The summed E-state index contributed by atoms with van der Waals surface area (Å²) in [4.78, 5) is 49.6. The number of nitrogens with zero attached hydrogens (tertiary/aromatic N) is 2. The number of anilines is 2. The van der Waals surface area contributed by atoms with E-state index < -0.39 is 16.8 Å². The van der Waals surface area contributed by atoms with Crippen molar-refractivity contribution in [1.29, 1.82) is 0 Å². The van der Waals surface area contributed by atoms with Gasteiger partial charge in [-0.15, -0.1) is 0 Å². The third-order valence-electron chi connectivity index (χ3n) is 6.41. The summed E-state index contributed by atoms with van der Waals surface area (Å²) in [6.07, 6.45) is 3.36. The number of nitrogens with one attached hydrogen (secondary N) is 2. The quantitative estimate of drug-likeness (QED) is 0.380. The number of amides is 2. The van der Waals surface area contributed by atoms with Crippen molar-refractivity contribution in [2.75, 3.05) is 30.4 Å². The molecule has 0 radical (unpaired) electrons. The van der Waals surface area contributed by atoms with E-state index in [0.29, 0.717) is 17.7 Å². The Labute approximate surface area is 196 Å². The molecule has 0 aromatic heterocycles. The minimum atomic E-state index is -0.548. The lowest BCUT2D eigenvalue weighted by Crippen LogP contribution is -2.51. The van der Waals surface area contributed by atoms with Gasteiger partial charge in [0.05, 0.1) is 18.0 Å². The van der Waals surface area contributed by atoms with Crippen molar-refractivity contribution in [3.05, 3.63) is 63.7 Å². The second-order valence-electron chi connectivity index (χ2n) is 8.46. The number of piperidine rings is 1. The lowest BCUT2D eigenvalue weighted by Gasteiger charge is -2.45. The Bertz CT molecular complexity index is 1120. The normalized spacial score (nSPS) is 18.8. The molecule has 178 valence electrons. The van der Waals surface area contributed by atoms with E-state index in [9.17, 15) is 24.5 Å². The van der Waals surface area contributed by atoms with Gasteiger partial charge in [0, 0.05) is 41.7 Å². The maximum absolute atomic E-state index is 13.3. The van der Waals surface area contributed by atoms with Crippen molar-refractivity contribution >= 4 is 34.8 Å². The maximum Gasteiger partial charge on any atom is 0.325 e. The Kier molecular flexibility index (Phi) is 6.76. The molecule has 2 aromatic rings. The highest BCUT2D eigenvalue weighted by molar-refractivity contribution is 5.97. The first-order chi connectivity index (χ1) is 16.4. The Hall–Kier alpha value is -3.95. The van der Waals surface area contributed by atoms with Crippen LogP contribution in [0.2, 0.25) is 0 Å². The molecule has 10 nitrogen and oxygen atoms in total. The molecule has 10 heteroatoms. The minimum absolute atomic E-state index is 0.0226. The lowest BCUT2D eigenvalue weighted by molar-refractivity contribution is -0.384. The third-order valence-corrected chi connectivity index (χ3v) is 6.41. The summed E-state index contributed by atoms with van der Waals surface area (Å²) in [6.45, 7) is 0.585. The molecule has 2 amide bonds. The molecule has 2 N–H and O–H groups in total. The fraction of sp³-hybridized carbons (Fsp3) is 0.375. The first-order valence-corrected chi connectivity index (χ1v) is 11.2. The summed E-state index contributed by atoms with van der Waals surface area (Å²) in [5.41, 5.74) is 2.70. The topological polar surface area (TPSA) is 131 Å². The van der Waals surface area contributed by atoms with Gasteiger partial charge in [-0.25, -0.2) is 0 Å². The molecule has 2 aliphatic heterocycles. The molecule has 2 unspecified atom stereocenters. The molecule has 2 atom stereocenters. The summed E-state index contributed by atoms with van der Waals surface area (Å²) in [7, 11) is 1.24. The molecule has 0 spiro atoms. The number of nitro benzene ring substituents is 1. The number of rotatable bonds is 6. The van der Waals surface area contributed by atoms with Crippen molar-refractivity contribution < 1.29 is 24.0 Å². The number of carbonyl (C=O) groups is 3. The van der Waals surface area contributed by atoms with Crippen LogP contribution in [0.25, 0.3) is 0 Å². The Balaban J connectivity index is 1.48. The summed E-state index contributed by atoms with van der Waals surface area (Å²) < 4.78 is 4.50. The van der Waals surface area contributed by atoms with E-state index in [4.69, 9.17) is 0 Å². The van der Waals surface area contributed by atoms with E-state index in [-0.39, 0.29) is 30.1 Å². The number of hydrogen-bond donors (Lipinski definition) is 2. The van der Waals surface area contributed by atoms with E-state index in [1.807, 2.05) is 0 Å². The molecule has 2 aromatic carbocycles. The highest BCUT2D eigenvalue weighted by atomic mass is 16.6. The van der Waals surface area contributed by atoms with Gasteiger partial charge in [0.15, 0.2) is 0 Å². The lowest BCUT2D eigenvalue weighted by atomic mass is 9.80. The van der Waals surface area contributed by atoms with Crippen LogP contribution in [0.4, 0.5) is 17.1 Å². The summed E-state index contributed by atoms with van der Waals surface area (Å²) in [6, 6.07) is 11.3. The van der Waals surface area contributed by atoms with Crippen LogP contribution in [-0.2, 0) is 20.7 Å². The van der Waals surface area contributed by atoms with Crippen LogP contribution in [0, 0.1) is 16.0 Å². The number of methoxy groups -OCH3 is 1. The molecule has 1 saturated heterocycles. The predicted molar refractivity (Wildman–Crippen MR) is 125 cm³/mol. The average molecular weight is 466 g/mol. The van der Waals surface area contributed by atoms with E-state index in [1.165, 1.54) is 13.2 Å². The fourth-order valence-corrected chi connectivity index (χ4v) is 4.71. The van der Waals surface area contributed by atoms with E-state index in [2.05, 4.69) is 20.3 Å². The SMILES string of the molecule is COC(=O)CNC(=O)c1ccc(NC(=O)C2Cc3cc([N+](=O)[O-])ccc3N3CCCCC23)cc1. The van der Waals surface area contributed by atoms with Crippen molar-refractivity contribution in [2.24, 2.45) is 5.92 Å². The van der Waals surface area contributed by atoms with E-state index >= 15 is 0 Å². The molecular formula is C24H26N4O6. The second kappa shape index (κ2) is 9.90. The smallest absolute Gasteiger partial charge is 0.325 e. The molecule has 2 aliphatic rings. The number of hydrogen-bond acceptors (Lipinski definition) is 7. The van der Waals surface area contributed by atoms with E-state index in [0.717, 1.165) is 37.1 Å². The molecule has 0 aliphatic carbocycles. The molecule has 4 rings (SSSR count).